The lowest BCUT2D eigenvalue weighted by Gasteiger charge is -2.11. The Morgan fingerprint density at radius 1 is 1.53 bits per heavy atom. The van der Waals surface area contributed by atoms with Gasteiger partial charge in [0.2, 0.25) is 0 Å². The third-order valence-corrected chi connectivity index (χ3v) is 2.24. The summed E-state index contributed by atoms with van der Waals surface area (Å²) in [6, 6.07) is 2.29. The molecule has 1 aromatic rings. The first-order valence-corrected chi connectivity index (χ1v) is 4.79. The number of hydrogen-bond donors (Lipinski definition) is 3. The van der Waals surface area contributed by atoms with Gasteiger partial charge in [0, 0.05) is 10.0 Å². The van der Waals surface area contributed by atoms with E-state index in [9.17, 15) is 19.4 Å². The summed E-state index contributed by atoms with van der Waals surface area (Å²) in [4.78, 5) is 10.3. The summed E-state index contributed by atoms with van der Waals surface area (Å²) in [6.07, 6.45) is -2.03. The molecule has 15 heavy (non-hydrogen) atoms. The second-order valence-corrected chi connectivity index (χ2v) is 3.85. The van der Waals surface area contributed by atoms with E-state index in [1.807, 2.05) is 0 Å². The lowest BCUT2D eigenvalue weighted by molar-refractivity contribution is -0.139. The highest BCUT2D eigenvalue weighted by Crippen LogP contribution is 2.31. The van der Waals surface area contributed by atoms with Crippen LogP contribution < -0.4 is 0 Å². The summed E-state index contributed by atoms with van der Waals surface area (Å²) in [5.41, 5.74) is -0.149. The number of carboxylic acid groups (broad SMARTS) is 1. The number of halogens is 2. The summed E-state index contributed by atoms with van der Waals surface area (Å²) in [5.74, 6) is -2.88. The average molecular weight is 279 g/mol. The molecule has 1 rings (SSSR count). The molecule has 0 aliphatic heterocycles. The summed E-state index contributed by atoms with van der Waals surface area (Å²) < 4.78 is 13.3. The largest absolute Gasteiger partial charge is 0.505 e. The molecule has 0 radical (unpaired) electrons. The van der Waals surface area contributed by atoms with Crippen LogP contribution >= 0.6 is 15.9 Å². The van der Waals surface area contributed by atoms with Gasteiger partial charge in [-0.1, -0.05) is 15.9 Å². The zero-order valence-corrected chi connectivity index (χ0v) is 9.03. The van der Waals surface area contributed by atoms with Gasteiger partial charge in [-0.05, 0) is 12.1 Å². The van der Waals surface area contributed by atoms with Gasteiger partial charge >= 0.3 is 5.97 Å². The monoisotopic (exact) mass is 278 g/mol. The van der Waals surface area contributed by atoms with Crippen molar-refractivity contribution < 1.29 is 24.5 Å². The maximum Gasteiger partial charge on any atom is 0.306 e. The smallest absolute Gasteiger partial charge is 0.306 e. The van der Waals surface area contributed by atoms with E-state index in [0.717, 1.165) is 6.07 Å². The van der Waals surface area contributed by atoms with E-state index in [0.29, 0.717) is 4.47 Å². The summed E-state index contributed by atoms with van der Waals surface area (Å²) in [5, 5.41) is 27.1. The Morgan fingerprint density at radius 3 is 2.67 bits per heavy atom. The van der Waals surface area contributed by atoms with Crippen LogP contribution in [0.25, 0.3) is 0 Å². The number of phenolic OH excluding ortho intramolecular Hbond substituents is 1. The fourth-order valence-corrected chi connectivity index (χ4v) is 1.56. The van der Waals surface area contributed by atoms with Gasteiger partial charge in [0.1, 0.15) is 0 Å². The van der Waals surface area contributed by atoms with Crippen LogP contribution in [-0.2, 0) is 4.79 Å². The SMILES string of the molecule is O=C(O)CC(O)c1cc(Br)cc(F)c1O. The quantitative estimate of drug-likeness (QED) is 0.788. The first-order chi connectivity index (χ1) is 6.91. The summed E-state index contributed by atoms with van der Waals surface area (Å²) in [6.45, 7) is 0. The molecule has 6 heteroatoms. The second kappa shape index (κ2) is 4.59. The molecule has 0 aliphatic rings. The Labute approximate surface area is 93.1 Å². The first-order valence-electron chi connectivity index (χ1n) is 3.99. The standard InChI is InChI=1S/C9H8BrFO4/c10-4-1-5(7(12)3-8(13)14)9(15)6(11)2-4/h1-2,7,12,15H,3H2,(H,13,14). The van der Waals surface area contributed by atoms with E-state index in [-0.39, 0.29) is 5.56 Å². The molecule has 0 heterocycles. The van der Waals surface area contributed by atoms with Gasteiger partial charge in [-0.15, -0.1) is 0 Å². The lowest BCUT2D eigenvalue weighted by atomic mass is 10.1. The average Bonchev–Trinajstić information content (AvgIpc) is 2.09. The molecule has 0 bridgehead atoms. The third kappa shape index (κ3) is 2.90. The molecule has 1 unspecified atom stereocenters. The van der Waals surface area contributed by atoms with Crippen molar-refractivity contribution in [2.24, 2.45) is 0 Å². The number of aromatic hydroxyl groups is 1. The van der Waals surface area contributed by atoms with Gasteiger partial charge in [0.25, 0.3) is 0 Å². The zero-order chi connectivity index (χ0) is 11.6. The van der Waals surface area contributed by atoms with E-state index in [1.165, 1.54) is 6.07 Å². The first kappa shape index (κ1) is 11.9. The molecule has 1 aromatic carbocycles. The predicted molar refractivity (Wildman–Crippen MR) is 53.0 cm³/mol. The topological polar surface area (TPSA) is 77.8 Å². The van der Waals surface area contributed by atoms with Crippen molar-refractivity contribution in [1.82, 2.24) is 0 Å². The van der Waals surface area contributed by atoms with Crippen molar-refractivity contribution >= 4 is 21.9 Å². The summed E-state index contributed by atoms with van der Waals surface area (Å²) in [7, 11) is 0. The molecule has 0 saturated carbocycles. The minimum atomic E-state index is -1.44. The van der Waals surface area contributed by atoms with Crippen molar-refractivity contribution in [3.63, 3.8) is 0 Å². The fourth-order valence-electron chi connectivity index (χ4n) is 1.12. The van der Waals surface area contributed by atoms with E-state index < -0.39 is 30.1 Å². The Hall–Kier alpha value is -1.14. The third-order valence-electron chi connectivity index (χ3n) is 1.78. The van der Waals surface area contributed by atoms with E-state index in [1.54, 1.807) is 0 Å². The molecular formula is C9H8BrFO4. The van der Waals surface area contributed by atoms with Crippen molar-refractivity contribution in [2.45, 2.75) is 12.5 Å². The molecule has 3 N–H and O–H groups in total. The van der Waals surface area contributed by atoms with Crippen LogP contribution in [-0.4, -0.2) is 21.3 Å². The Morgan fingerprint density at radius 2 is 2.13 bits per heavy atom. The highest BCUT2D eigenvalue weighted by atomic mass is 79.9. The van der Waals surface area contributed by atoms with Gasteiger partial charge in [-0.25, -0.2) is 4.39 Å². The van der Waals surface area contributed by atoms with Gasteiger partial charge in [-0.3, -0.25) is 4.79 Å². The van der Waals surface area contributed by atoms with E-state index in [2.05, 4.69) is 15.9 Å². The highest BCUT2D eigenvalue weighted by molar-refractivity contribution is 9.10. The van der Waals surface area contributed by atoms with Gasteiger partial charge in [0.15, 0.2) is 11.6 Å². The number of aliphatic hydroxyl groups is 1. The molecule has 0 spiro atoms. The van der Waals surface area contributed by atoms with Crippen LogP contribution in [0.2, 0.25) is 0 Å². The second-order valence-electron chi connectivity index (χ2n) is 2.94. The van der Waals surface area contributed by atoms with Crippen LogP contribution in [0.4, 0.5) is 4.39 Å². The molecule has 0 aromatic heterocycles. The van der Waals surface area contributed by atoms with Gasteiger partial charge in [-0.2, -0.15) is 0 Å². The van der Waals surface area contributed by atoms with Crippen LogP contribution in [0.15, 0.2) is 16.6 Å². The van der Waals surface area contributed by atoms with E-state index >= 15 is 0 Å². The maximum absolute atomic E-state index is 13.0. The van der Waals surface area contributed by atoms with E-state index in [4.69, 9.17) is 5.11 Å². The highest BCUT2D eigenvalue weighted by Gasteiger charge is 2.19. The van der Waals surface area contributed by atoms with Crippen LogP contribution in [0.1, 0.15) is 18.1 Å². The maximum atomic E-state index is 13.0. The summed E-state index contributed by atoms with van der Waals surface area (Å²) >= 11 is 2.97. The number of carboxylic acids is 1. The Balaban J connectivity index is 3.07. The molecule has 82 valence electrons. The number of hydrogen-bond acceptors (Lipinski definition) is 3. The van der Waals surface area contributed by atoms with Gasteiger partial charge in [0.05, 0.1) is 12.5 Å². The fraction of sp³-hybridized carbons (Fsp3) is 0.222. The Kier molecular flexibility index (Phi) is 3.65. The molecule has 0 amide bonds. The number of benzene rings is 1. The lowest BCUT2D eigenvalue weighted by Crippen LogP contribution is -2.06. The van der Waals surface area contributed by atoms with Crippen LogP contribution in [0.5, 0.6) is 5.75 Å². The van der Waals surface area contributed by atoms with Crippen molar-refractivity contribution in [2.75, 3.05) is 0 Å². The van der Waals surface area contributed by atoms with Crippen LogP contribution in [0, 0.1) is 5.82 Å². The van der Waals surface area contributed by atoms with Gasteiger partial charge < -0.3 is 15.3 Å². The predicted octanol–water partition coefficient (Wildman–Crippen LogP) is 1.80. The minimum Gasteiger partial charge on any atom is -0.505 e. The zero-order valence-electron chi connectivity index (χ0n) is 7.44. The number of phenols is 1. The normalized spacial score (nSPS) is 12.5. The molecule has 0 fully saturated rings. The number of aliphatic hydroxyl groups excluding tert-OH is 1. The number of rotatable bonds is 3. The number of aliphatic carboxylic acids is 1. The van der Waals surface area contributed by atoms with Crippen molar-refractivity contribution in [3.05, 3.63) is 28.0 Å². The minimum absolute atomic E-state index is 0.149. The molecular weight excluding hydrogens is 271 g/mol. The molecule has 1 atom stereocenters. The van der Waals surface area contributed by atoms with Crippen molar-refractivity contribution in [3.8, 4) is 5.75 Å². The Bertz CT molecular complexity index is 394. The van der Waals surface area contributed by atoms with Crippen LogP contribution in [0.3, 0.4) is 0 Å². The number of carbonyl (C=O) groups is 1. The molecule has 4 nitrogen and oxygen atoms in total. The molecule has 0 aliphatic carbocycles. The molecule has 0 saturated heterocycles. The van der Waals surface area contributed by atoms with Crippen molar-refractivity contribution in [1.29, 1.82) is 0 Å².